The number of hydrogen-bond donors (Lipinski definition) is 1. The largest absolute Gasteiger partial charge is 0.376 e. The summed E-state index contributed by atoms with van der Waals surface area (Å²) in [6.45, 7) is 2.25. The highest BCUT2D eigenvalue weighted by atomic mass is 32.2. The third-order valence-electron chi connectivity index (χ3n) is 4.06. The van der Waals surface area contributed by atoms with E-state index in [9.17, 15) is 8.42 Å². The van der Waals surface area contributed by atoms with Gasteiger partial charge in [0, 0.05) is 0 Å². The van der Waals surface area contributed by atoms with Gasteiger partial charge in [-0.2, -0.15) is 8.42 Å². The zero-order chi connectivity index (χ0) is 16.1. The summed E-state index contributed by atoms with van der Waals surface area (Å²) >= 11 is 0. The minimum atomic E-state index is -3.76. The van der Waals surface area contributed by atoms with E-state index in [4.69, 9.17) is 14.0 Å². The molecule has 0 aliphatic carbocycles. The lowest BCUT2D eigenvalue weighted by Crippen LogP contribution is -2.28. The van der Waals surface area contributed by atoms with Crippen molar-refractivity contribution < 1.29 is 22.4 Å². The standard InChI is InChI=1S/C16H32O5S/c17-22(18,19)14-10-8-6-4-2-1-3-5-7-9-11-16-15-20-12-13-21-16/h16H,1-15H2,(H,17,18,19). The van der Waals surface area contributed by atoms with Crippen LogP contribution in [0, 0.1) is 0 Å². The molecule has 1 atom stereocenters. The van der Waals surface area contributed by atoms with Crippen LogP contribution in [0.25, 0.3) is 0 Å². The molecule has 1 rings (SSSR count). The number of rotatable bonds is 13. The van der Waals surface area contributed by atoms with Gasteiger partial charge in [0.15, 0.2) is 0 Å². The summed E-state index contributed by atoms with van der Waals surface area (Å²) in [6.07, 6.45) is 12.7. The minimum Gasteiger partial charge on any atom is -0.376 e. The lowest BCUT2D eigenvalue weighted by atomic mass is 10.0. The lowest BCUT2D eigenvalue weighted by Gasteiger charge is -2.22. The van der Waals surface area contributed by atoms with Gasteiger partial charge in [0.25, 0.3) is 10.1 Å². The second-order valence-electron chi connectivity index (χ2n) is 6.18. The molecule has 1 N–H and O–H groups in total. The molecule has 0 spiro atoms. The van der Waals surface area contributed by atoms with Gasteiger partial charge in [0.1, 0.15) is 0 Å². The predicted octanol–water partition coefficient (Wildman–Crippen LogP) is 3.58. The summed E-state index contributed by atoms with van der Waals surface area (Å²) < 4.78 is 40.7. The zero-order valence-corrected chi connectivity index (χ0v) is 14.5. The van der Waals surface area contributed by atoms with Gasteiger partial charge in [-0.1, -0.05) is 57.8 Å². The Balaban J connectivity index is 1.74. The predicted molar refractivity (Wildman–Crippen MR) is 87.8 cm³/mol. The van der Waals surface area contributed by atoms with E-state index >= 15 is 0 Å². The molecule has 1 fully saturated rings. The second kappa shape index (κ2) is 12.3. The molecule has 0 aromatic carbocycles. The quantitative estimate of drug-likeness (QED) is 0.411. The van der Waals surface area contributed by atoms with Crippen molar-refractivity contribution in [1.82, 2.24) is 0 Å². The van der Waals surface area contributed by atoms with Gasteiger partial charge >= 0.3 is 0 Å². The summed E-state index contributed by atoms with van der Waals surface area (Å²) in [5.74, 6) is -0.0945. The Labute approximate surface area is 135 Å². The second-order valence-corrected chi connectivity index (χ2v) is 7.75. The molecule has 0 saturated carbocycles. The molecule has 22 heavy (non-hydrogen) atoms. The molecule has 0 aromatic rings. The lowest BCUT2D eigenvalue weighted by molar-refractivity contribution is -0.0912. The van der Waals surface area contributed by atoms with E-state index in [1.54, 1.807) is 0 Å². The van der Waals surface area contributed by atoms with Crippen LogP contribution in [-0.4, -0.2) is 44.6 Å². The molecule has 0 radical (unpaired) electrons. The highest BCUT2D eigenvalue weighted by Gasteiger charge is 2.13. The van der Waals surface area contributed by atoms with E-state index in [-0.39, 0.29) is 5.75 Å². The highest BCUT2D eigenvalue weighted by molar-refractivity contribution is 7.85. The van der Waals surface area contributed by atoms with Crippen molar-refractivity contribution in [3.05, 3.63) is 0 Å². The van der Waals surface area contributed by atoms with Crippen LogP contribution in [0.5, 0.6) is 0 Å². The van der Waals surface area contributed by atoms with E-state index in [2.05, 4.69) is 0 Å². The Hall–Kier alpha value is -0.170. The maximum atomic E-state index is 10.5. The summed E-state index contributed by atoms with van der Waals surface area (Å²) in [4.78, 5) is 0. The Kier molecular flexibility index (Phi) is 11.1. The minimum absolute atomic E-state index is 0.0945. The average Bonchev–Trinajstić information content (AvgIpc) is 2.48. The van der Waals surface area contributed by atoms with Crippen molar-refractivity contribution in [2.45, 2.75) is 76.7 Å². The van der Waals surface area contributed by atoms with E-state index in [1.165, 1.54) is 44.9 Å². The molecule has 1 saturated heterocycles. The van der Waals surface area contributed by atoms with Gasteiger partial charge in [-0.3, -0.25) is 4.55 Å². The van der Waals surface area contributed by atoms with Crippen molar-refractivity contribution in [2.75, 3.05) is 25.6 Å². The van der Waals surface area contributed by atoms with Crippen molar-refractivity contribution >= 4 is 10.1 Å². The molecule has 1 heterocycles. The molecule has 1 unspecified atom stereocenters. The van der Waals surface area contributed by atoms with Crippen LogP contribution in [0.4, 0.5) is 0 Å². The van der Waals surface area contributed by atoms with Crippen molar-refractivity contribution in [3.63, 3.8) is 0 Å². The van der Waals surface area contributed by atoms with Crippen LogP contribution in [-0.2, 0) is 19.6 Å². The fourth-order valence-electron chi connectivity index (χ4n) is 2.77. The first-order chi connectivity index (χ1) is 10.6. The van der Waals surface area contributed by atoms with Crippen LogP contribution in [0.15, 0.2) is 0 Å². The van der Waals surface area contributed by atoms with Gasteiger partial charge in [-0.05, 0) is 12.8 Å². The van der Waals surface area contributed by atoms with Crippen LogP contribution < -0.4 is 0 Å². The normalized spacial score (nSPS) is 19.4. The highest BCUT2D eigenvalue weighted by Crippen LogP contribution is 2.14. The van der Waals surface area contributed by atoms with Crippen LogP contribution >= 0.6 is 0 Å². The first kappa shape index (κ1) is 19.9. The molecule has 132 valence electrons. The number of ether oxygens (including phenoxy) is 2. The molecular weight excluding hydrogens is 304 g/mol. The van der Waals surface area contributed by atoms with Gasteiger partial charge in [0.05, 0.1) is 31.7 Å². The van der Waals surface area contributed by atoms with Gasteiger partial charge in [0.2, 0.25) is 0 Å². The number of unbranched alkanes of at least 4 members (excludes halogenated alkanes) is 9. The Morgan fingerprint density at radius 2 is 1.36 bits per heavy atom. The third-order valence-corrected chi connectivity index (χ3v) is 4.87. The molecule has 6 heteroatoms. The summed E-state index contributed by atoms with van der Waals surface area (Å²) in [5.41, 5.74) is 0. The number of hydrogen-bond acceptors (Lipinski definition) is 4. The van der Waals surface area contributed by atoms with Crippen LogP contribution in [0.2, 0.25) is 0 Å². The van der Waals surface area contributed by atoms with E-state index in [0.29, 0.717) is 12.5 Å². The first-order valence-electron chi connectivity index (χ1n) is 8.72. The molecule has 1 aliphatic rings. The monoisotopic (exact) mass is 336 g/mol. The summed E-state index contributed by atoms with van der Waals surface area (Å²) in [5, 5.41) is 0. The molecule has 1 aliphatic heterocycles. The Morgan fingerprint density at radius 1 is 0.818 bits per heavy atom. The average molecular weight is 336 g/mol. The van der Waals surface area contributed by atoms with Crippen molar-refractivity contribution in [1.29, 1.82) is 0 Å². The van der Waals surface area contributed by atoms with Gasteiger partial charge in [-0.25, -0.2) is 0 Å². The van der Waals surface area contributed by atoms with Gasteiger partial charge < -0.3 is 9.47 Å². The molecule has 5 nitrogen and oxygen atoms in total. The zero-order valence-electron chi connectivity index (χ0n) is 13.7. The SMILES string of the molecule is O=S(=O)(O)CCCCCCCCCCCCC1COCCO1. The maximum absolute atomic E-state index is 10.5. The Bertz CT molecular complexity index is 350. The molecular formula is C16H32O5S. The van der Waals surface area contributed by atoms with Crippen molar-refractivity contribution in [2.24, 2.45) is 0 Å². The van der Waals surface area contributed by atoms with E-state index < -0.39 is 10.1 Å². The smallest absolute Gasteiger partial charge is 0.264 e. The van der Waals surface area contributed by atoms with Crippen LogP contribution in [0.3, 0.4) is 0 Å². The topological polar surface area (TPSA) is 72.8 Å². The van der Waals surface area contributed by atoms with E-state index in [1.807, 2.05) is 0 Å². The molecule has 0 bridgehead atoms. The van der Waals surface area contributed by atoms with Gasteiger partial charge in [-0.15, -0.1) is 0 Å². The Morgan fingerprint density at radius 3 is 1.86 bits per heavy atom. The van der Waals surface area contributed by atoms with Crippen molar-refractivity contribution in [3.8, 4) is 0 Å². The van der Waals surface area contributed by atoms with Crippen LogP contribution in [0.1, 0.15) is 70.6 Å². The fraction of sp³-hybridized carbons (Fsp3) is 1.00. The molecule has 0 amide bonds. The maximum Gasteiger partial charge on any atom is 0.264 e. The molecule has 0 aromatic heterocycles. The fourth-order valence-corrected chi connectivity index (χ4v) is 3.34. The first-order valence-corrected chi connectivity index (χ1v) is 10.3. The third kappa shape index (κ3) is 12.4. The summed E-state index contributed by atoms with van der Waals surface area (Å²) in [7, 11) is -3.76. The van der Waals surface area contributed by atoms with E-state index in [0.717, 1.165) is 39.1 Å². The summed E-state index contributed by atoms with van der Waals surface area (Å²) in [6, 6.07) is 0.